The summed E-state index contributed by atoms with van der Waals surface area (Å²) in [6.07, 6.45) is 2.69. The van der Waals surface area contributed by atoms with Gasteiger partial charge in [-0.25, -0.2) is 4.79 Å². The maximum Gasteiger partial charge on any atom is 0.338 e. The molecule has 3 aromatic rings. The number of rotatable bonds is 8. The van der Waals surface area contributed by atoms with Gasteiger partial charge in [-0.15, -0.1) is 0 Å². The molecule has 0 aromatic heterocycles. The van der Waals surface area contributed by atoms with E-state index in [1.807, 2.05) is 74.2 Å². The van der Waals surface area contributed by atoms with E-state index >= 15 is 0 Å². The largest absolute Gasteiger partial charge is 0.456 e. The smallest absolute Gasteiger partial charge is 0.338 e. The van der Waals surface area contributed by atoms with Crippen LogP contribution in [0.1, 0.15) is 61.5 Å². The van der Waals surface area contributed by atoms with Crippen LogP contribution in [0.2, 0.25) is 0 Å². The van der Waals surface area contributed by atoms with Crippen molar-refractivity contribution in [2.45, 2.75) is 70.4 Å². The van der Waals surface area contributed by atoms with Crippen molar-refractivity contribution in [3.63, 3.8) is 0 Å². The number of carbonyl (C=O) groups excluding carboxylic acids is 2. The standard InChI is InChI=1S/C36H44N4O4/c1-35(2,3)44-33(42)29-13-9-11-27(23-29)25-38-26-40(30-14-5-4-6-15-30)36(34(38)43)17-21-37(22-18-36)19-10-20-39-31-16-8-7-12-28(31)24-32(39)41/h4-9,11-16,23,32,41H,10,17-22,24-26H2,1-3H3. The van der Waals surface area contributed by atoms with Crippen molar-refractivity contribution in [1.29, 1.82) is 0 Å². The monoisotopic (exact) mass is 596 g/mol. The Morgan fingerprint density at radius 3 is 2.43 bits per heavy atom. The molecule has 232 valence electrons. The van der Waals surface area contributed by atoms with Crippen LogP contribution >= 0.6 is 0 Å². The summed E-state index contributed by atoms with van der Waals surface area (Å²) in [6, 6.07) is 25.9. The number of fused-ring (bicyclic) bond motifs is 1. The highest BCUT2D eigenvalue weighted by Crippen LogP contribution is 2.40. The van der Waals surface area contributed by atoms with Gasteiger partial charge in [-0.1, -0.05) is 48.5 Å². The molecule has 2 saturated heterocycles. The molecule has 1 N–H and O–H groups in total. The molecule has 1 unspecified atom stereocenters. The molecule has 3 aliphatic rings. The number of likely N-dealkylation sites (tertiary alicyclic amines) is 1. The van der Waals surface area contributed by atoms with Gasteiger partial charge < -0.3 is 29.4 Å². The first-order valence-corrected chi connectivity index (χ1v) is 15.8. The van der Waals surface area contributed by atoms with Gasteiger partial charge in [0.05, 0.1) is 12.2 Å². The Kier molecular flexibility index (Phi) is 8.40. The number of carbonyl (C=O) groups is 2. The Balaban J connectivity index is 1.12. The van der Waals surface area contributed by atoms with Crippen LogP contribution in [0.5, 0.6) is 0 Å². The number of nitrogens with zero attached hydrogens (tertiary/aromatic N) is 4. The van der Waals surface area contributed by atoms with E-state index in [4.69, 9.17) is 4.74 Å². The summed E-state index contributed by atoms with van der Waals surface area (Å²) in [5.74, 6) is -0.203. The molecule has 8 nitrogen and oxygen atoms in total. The highest BCUT2D eigenvalue weighted by Gasteiger charge is 2.53. The molecule has 44 heavy (non-hydrogen) atoms. The fourth-order valence-corrected chi connectivity index (χ4v) is 6.99. The predicted molar refractivity (Wildman–Crippen MR) is 172 cm³/mol. The van der Waals surface area contributed by atoms with Gasteiger partial charge in [0.25, 0.3) is 0 Å². The summed E-state index contributed by atoms with van der Waals surface area (Å²) in [5.41, 5.74) is 3.65. The lowest BCUT2D eigenvalue weighted by Crippen LogP contribution is -2.56. The SMILES string of the molecule is CC(C)(C)OC(=O)c1cccc(CN2CN(c3ccccc3)C3(CCN(CCCN4c5ccccc5CC4O)CC3)C2=O)c1. The molecule has 0 saturated carbocycles. The second kappa shape index (κ2) is 12.3. The average Bonchev–Trinajstić information content (AvgIpc) is 3.46. The molecule has 2 fully saturated rings. The Bertz CT molecular complexity index is 1480. The molecule has 1 amide bonds. The maximum absolute atomic E-state index is 14.3. The minimum absolute atomic E-state index is 0.153. The van der Waals surface area contributed by atoms with Gasteiger partial charge in [0, 0.05) is 44.0 Å². The average molecular weight is 597 g/mol. The number of ether oxygens (including phenoxy) is 1. The van der Waals surface area contributed by atoms with Crippen LogP contribution in [0.3, 0.4) is 0 Å². The Hall–Kier alpha value is -3.88. The second-order valence-electron chi connectivity index (χ2n) is 13.3. The lowest BCUT2D eigenvalue weighted by Gasteiger charge is -2.43. The van der Waals surface area contributed by atoms with Gasteiger partial charge in [0.2, 0.25) is 5.91 Å². The van der Waals surface area contributed by atoms with Crippen molar-refractivity contribution in [3.8, 4) is 0 Å². The van der Waals surface area contributed by atoms with Crippen LogP contribution in [0.15, 0.2) is 78.9 Å². The number of para-hydroxylation sites is 2. The number of benzene rings is 3. The summed E-state index contributed by atoms with van der Waals surface area (Å²) in [6.45, 7) is 9.95. The van der Waals surface area contributed by atoms with Crippen molar-refractivity contribution in [2.75, 3.05) is 42.6 Å². The molecule has 0 bridgehead atoms. The first-order chi connectivity index (χ1) is 21.1. The molecule has 3 aromatic carbocycles. The zero-order chi connectivity index (χ0) is 30.9. The Morgan fingerprint density at radius 2 is 1.68 bits per heavy atom. The molecule has 3 heterocycles. The fourth-order valence-electron chi connectivity index (χ4n) is 6.99. The van der Waals surface area contributed by atoms with E-state index in [2.05, 4.69) is 39.0 Å². The fraction of sp³-hybridized carbons (Fsp3) is 0.444. The molecular weight excluding hydrogens is 552 g/mol. The normalized spacial score (nSPS) is 20.0. The Labute approximate surface area is 260 Å². The highest BCUT2D eigenvalue weighted by molar-refractivity contribution is 5.94. The minimum atomic E-state index is -0.593. The van der Waals surface area contributed by atoms with Crippen LogP contribution in [0.25, 0.3) is 0 Å². The number of anilines is 2. The lowest BCUT2D eigenvalue weighted by molar-refractivity contribution is -0.134. The number of piperidine rings is 1. The maximum atomic E-state index is 14.3. The number of aliphatic hydroxyl groups is 1. The van der Waals surface area contributed by atoms with E-state index in [0.717, 1.165) is 62.4 Å². The third-order valence-corrected chi connectivity index (χ3v) is 9.14. The second-order valence-corrected chi connectivity index (χ2v) is 13.3. The summed E-state index contributed by atoms with van der Waals surface area (Å²) in [5, 5.41) is 10.6. The molecule has 8 heteroatoms. The summed E-state index contributed by atoms with van der Waals surface area (Å²) < 4.78 is 5.58. The number of amides is 1. The quantitative estimate of drug-likeness (QED) is 0.365. The van der Waals surface area contributed by atoms with Crippen LogP contribution in [0, 0.1) is 0 Å². The first-order valence-electron chi connectivity index (χ1n) is 15.8. The number of aliphatic hydroxyl groups excluding tert-OH is 1. The zero-order valence-corrected chi connectivity index (χ0v) is 26.1. The van der Waals surface area contributed by atoms with E-state index in [0.29, 0.717) is 25.2 Å². The molecular formula is C36H44N4O4. The third kappa shape index (κ3) is 6.19. The van der Waals surface area contributed by atoms with E-state index in [1.54, 1.807) is 6.07 Å². The third-order valence-electron chi connectivity index (χ3n) is 9.14. The number of hydrogen-bond acceptors (Lipinski definition) is 7. The summed E-state index contributed by atoms with van der Waals surface area (Å²) in [7, 11) is 0. The van der Waals surface area contributed by atoms with Crippen LogP contribution in [-0.4, -0.2) is 77.0 Å². The highest BCUT2D eigenvalue weighted by atomic mass is 16.6. The minimum Gasteiger partial charge on any atom is -0.456 e. The number of hydrogen-bond donors (Lipinski definition) is 1. The van der Waals surface area contributed by atoms with Crippen molar-refractivity contribution >= 4 is 23.3 Å². The van der Waals surface area contributed by atoms with Gasteiger partial charge in [-0.3, -0.25) is 4.79 Å². The van der Waals surface area contributed by atoms with Crippen molar-refractivity contribution in [3.05, 3.63) is 95.6 Å². The number of esters is 1. The van der Waals surface area contributed by atoms with Gasteiger partial charge in [-0.05, 0) is 88.0 Å². The first kappa shape index (κ1) is 30.2. The van der Waals surface area contributed by atoms with E-state index < -0.39 is 17.4 Å². The molecule has 0 radical (unpaired) electrons. The lowest BCUT2D eigenvalue weighted by atomic mass is 9.85. The van der Waals surface area contributed by atoms with Crippen LogP contribution in [-0.2, 0) is 22.5 Å². The van der Waals surface area contributed by atoms with Gasteiger partial charge >= 0.3 is 5.97 Å². The van der Waals surface area contributed by atoms with Crippen LogP contribution in [0.4, 0.5) is 11.4 Å². The van der Waals surface area contributed by atoms with E-state index in [1.165, 1.54) is 5.56 Å². The zero-order valence-electron chi connectivity index (χ0n) is 26.1. The van der Waals surface area contributed by atoms with E-state index in [-0.39, 0.29) is 11.9 Å². The molecule has 6 rings (SSSR count). The summed E-state index contributed by atoms with van der Waals surface area (Å²) in [4.78, 5) is 35.8. The summed E-state index contributed by atoms with van der Waals surface area (Å²) >= 11 is 0. The molecule has 0 aliphatic carbocycles. The predicted octanol–water partition coefficient (Wildman–Crippen LogP) is 5.05. The molecule has 1 atom stereocenters. The van der Waals surface area contributed by atoms with Crippen molar-refractivity contribution in [2.24, 2.45) is 0 Å². The van der Waals surface area contributed by atoms with Crippen molar-refractivity contribution < 1.29 is 19.4 Å². The molecule has 1 spiro atoms. The topological polar surface area (TPSA) is 76.6 Å². The van der Waals surface area contributed by atoms with Crippen molar-refractivity contribution in [1.82, 2.24) is 9.80 Å². The molecule has 3 aliphatic heterocycles. The van der Waals surface area contributed by atoms with Gasteiger partial charge in [0.1, 0.15) is 17.4 Å². The van der Waals surface area contributed by atoms with Gasteiger partial charge in [-0.2, -0.15) is 0 Å². The Morgan fingerprint density at radius 1 is 0.955 bits per heavy atom. The van der Waals surface area contributed by atoms with E-state index in [9.17, 15) is 14.7 Å². The van der Waals surface area contributed by atoms with Gasteiger partial charge in [0.15, 0.2) is 0 Å². The van der Waals surface area contributed by atoms with Crippen LogP contribution < -0.4 is 9.80 Å².